The molecule has 1 unspecified atom stereocenters. The lowest BCUT2D eigenvalue weighted by atomic mass is 10.2. The van der Waals surface area contributed by atoms with Crippen molar-refractivity contribution in [2.75, 3.05) is 12.4 Å². The Morgan fingerprint density at radius 1 is 1.41 bits per heavy atom. The number of hydrogen-bond acceptors (Lipinski definition) is 5. The summed E-state index contributed by atoms with van der Waals surface area (Å²) < 4.78 is 10.5. The van der Waals surface area contributed by atoms with Gasteiger partial charge in [0.2, 0.25) is 5.88 Å². The van der Waals surface area contributed by atoms with Crippen LogP contribution in [0.1, 0.15) is 24.3 Å². The fourth-order valence-electron chi connectivity index (χ4n) is 1.60. The van der Waals surface area contributed by atoms with Gasteiger partial charge in [-0.25, -0.2) is 9.97 Å². The Labute approximate surface area is 99.8 Å². The van der Waals surface area contributed by atoms with Crippen molar-refractivity contribution in [3.05, 3.63) is 36.0 Å². The molecule has 0 saturated carbocycles. The van der Waals surface area contributed by atoms with E-state index in [0.29, 0.717) is 5.88 Å². The first-order chi connectivity index (χ1) is 8.22. The number of hydrogen-bond donors (Lipinski definition) is 1. The molecule has 1 atom stereocenters. The molecule has 0 aliphatic rings. The van der Waals surface area contributed by atoms with Crippen molar-refractivity contribution in [3.63, 3.8) is 0 Å². The highest BCUT2D eigenvalue weighted by molar-refractivity contribution is 5.48. The van der Waals surface area contributed by atoms with E-state index in [1.807, 2.05) is 26.0 Å². The third kappa shape index (κ3) is 2.38. The van der Waals surface area contributed by atoms with Crippen LogP contribution in [0.25, 0.3) is 0 Å². The lowest BCUT2D eigenvalue weighted by molar-refractivity contribution is 0.393. The molecule has 17 heavy (non-hydrogen) atoms. The van der Waals surface area contributed by atoms with E-state index in [1.165, 1.54) is 6.33 Å². The molecule has 2 heterocycles. The molecule has 0 aliphatic heterocycles. The second-order valence-electron chi connectivity index (χ2n) is 3.74. The number of rotatable bonds is 4. The maximum absolute atomic E-state index is 5.33. The lowest BCUT2D eigenvalue weighted by Gasteiger charge is -2.14. The third-order valence-electron chi connectivity index (χ3n) is 2.55. The SMILES string of the molecule is COc1ncnc(NC(C)c2ccco2)c1C. The van der Waals surface area contributed by atoms with Gasteiger partial charge in [-0.05, 0) is 26.0 Å². The van der Waals surface area contributed by atoms with E-state index in [0.717, 1.165) is 17.1 Å². The monoisotopic (exact) mass is 233 g/mol. The Morgan fingerprint density at radius 3 is 2.88 bits per heavy atom. The summed E-state index contributed by atoms with van der Waals surface area (Å²) in [5.74, 6) is 2.19. The Morgan fingerprint density at radius 2 is 2.24 bits per heavy atom. The van der Waals surface area contributed by atoms with Gasteiger partial charge in [0.25, 0.3) is 0 Å². The Bertz CT molecular complexity index is 483. The van der Waals surface area contributed by atoms with Gasteiger partial charge in [0.15, 0.2) is 0 Å². The topological polar surface area (TPSA) is 60.2 Å². The first-order valence-corrected chi connectivity index (χ1v) is 5.38. The van der Waals surface area contributed by atoms with E-state index in [9.17, 15) is 0 Å². The van der Waals surface area contributed by atoms with Gasteiger partial charge in [-0.15, -0.1) is 0 Å². The van der Waals surface area contributed by atoms with E-state index in [4.69, 9.17) is 9.15 Å². The number of aromatic nitrogens is 2. The summed E-state index contributed by atoms with van der Waals surface area (Å²) in [7, 11) is 1.59. The Balaban J connectivity index is 2.19. The molecule has 90 valence electrons. The molecule has 5 heteroatoms. The molecular formula is C12H15N3O2. The third-order valence-corrected chi connectivity index (χ3v) is 2.55. The van der Waals surface area contributed by atoms with Gasteiger partial charge in [-0.3, -0.25) is 0 Å². The molecular weight excluding hydrogens is 218 g/mol. The van der Waals surface area contributed by atoms with E-state index in [-0.39, 0.29) is 6.04 Å². The quantitative estimate of drug-likeness (QED) is 0.879. The average molecular weight is 233 g/mol. The van der Waals surface area contributed by atoms with Crippen molar-refractivity contribution in [3.8, 4) is 5.88 Å². The highest BCUT2D eigenvalue weighted by Crippen LogP contribution is 2.24. The largest absolute Gasteiger partial charge is 0.481 e. The van der Waals surface area contributed by atoms with Gasteiger partial charge < -0.3 is 14.5 Å². The highest BCUT2D eigenvalue weighted by atomic mass is 16.5. The summed E-state index contributed by atoms with van der Waals surface area (Å²) >= 11 is 0. The van der Waals surface area contributed by atoms with Crippen LogP contribution in [-0.4, -0.2) is 17.1 Å². The second kappa shape index (κ2) is 4.86. The molecule has 5 nitrogen and oxygen atoms in total. The normalized spacial score (nSPS) is 12.2. The molecule has 0 fully saturated rings. The number of methoxy groups -OCH3 is 1. The standard InChI is InChI=1S/C12H15N3O2/c1-8-11(13-7-14-12(8)16-3)15-9(2)10-5-4-6-17-10/h4-7,9H,1-3H3,(H,13,14,15). The molecule has 0 radical (unpaired) electrons. The van der Waals surface area contributed by atoms with Gasteiger partial charge >= 0.3 is 0 Å². The molecule has 2 aromatic rings. The number of furan rings is 1. The van der Waals surface area contributed by atoms with Crippen molar-refractivity contribution in [2.24, 2.45) is 0 Å². The van der Waals surface area contributed by atoms with Crippen LogP contribution in [0.4, 0.5) is 5.82 Å². The van der Waals surface area contributed by atoms with Crippen LogP contribution < -0.4 is 10.1 Å². The Hall–Kier alpha value is -2.04. The molecule has 0 bridgehead atoms. The van der Waals surface area contributed by atoms with Gasteiger partial charge in [-0.2, -0.15) is 0 Å². The molecule has 0 amide bonds. The summed E-state index contributed by atoms with van der Waals surface area (Å²) in [6, 6.07) is 3.83. The van der Waals surface area contributed by atoms with Crippen LogP contribution in [0, 0.1) is 6.92 Å². The zero-order valence-corrected chi connectivity index (χ0v) is 10.1. The van der Waals surface area contributed by atoms with Crippen LogP contribution in [0.5, 0.6) is 5.88 Å². The minimum Gasteiger partial charge on any atom is -0.481 e. The van der Waals surface area contributed by atoms with Crippen LogP contribution >= 0.6 is 0 Å². The van der Waals surface area contributed by atoms with Crippen molar-refractivity contribution in [2.45, 2.75) is 19.9 Å². The maximum Gasteiger partial charge on any atom is 0.221 e. The van der Waals surface area contributed by atoms with Crippen LogP contribution in [0.15, 0.2) is 29.1 Å². The molecule has 0 spiro atoms. The average Bonchev–Trinajstić information content (AvgIpc) is 2.85. The van der Waals surface area contributed by atoms with Crippen molar-refractivity contribution in [1.29, 1.82) is 0 Å². The summed E-state index contributed by atoms with van der Waals surface area (Å²) in [5, 5.41) is 3.26. The van der Waals surface area contributed by atoms with Gasteiger partial charge in [0, 0.05) is 0 Å². The van der Waals surface area contributed by atoms with Crippen molar-refractivity contribution in [1.82, 2.24) is 9.97 Å². The number of nitrogens with zero attached hydrogens (tertiary/aromatic N) is 2. The van der Waals surface area contributed by atoms with Gasteiger partial charge in [-0.1, -0.05) is 0 Å². The molecule has 1 N–H and O–H groups in total. The number of nitrogens with one attached hydrogen (secondary N) is 1. The minimum absolute atomic E-state index is 0.0447. The van der Waals surface area contributed by atoms with Crippen molar-refractivity contribution >= 4 is 5.82 Å². The predicted octanol–water partition coefficient (Wildman–Crippen LogP) is 2.56. The molecule has 0 saturated heterocycles. The number of ether oxygens (including phenoxy) is 1. The van der Waals surface area contributed by atoms with Crippen LogP contribution in [0.2, 0.25) is 0 Å². The maximum atomic E-state index is 5.33. The first-order valence-electron chi connectivity index (χ1n) is 5.38. The smallest absolute Gasteiger partial charge is 0.221 e. The first kappa shape index (κ1) is 11.4. The molecule has 0 aromatic carbocycles. The summed E-state index contributed by atoms with van der Waals surface area (Å²) in [6.07, 6.45) is 3.13. The van der Waals surface area contributed by atoms with Crippen molar-refractivity contribution < 1.29 is 9.15 Å². The zero-order chi connectivity index (χ0) is 12.3. The second-order valence-corrected chi connectivity index (χ2v) is 3.74. The fraction of sp³-hybridized carbons (Fsp3) is 0.333. The van der Waals surface area contributed by atoms with E-state index in [2.05, 4.69) is 15.3 Å². The summed E-state index contributed by atoms with van der Waals surface area (Å²) in [6.45, 7) is 3.92. The molecule has 2 aromatic heterocycles. The van der Waals surface area contributed by atoms with Gasteiger partial charge in [0.1, 0.15) is 17.9 Å². The molecule has 0 aliphatic carbocycles. The Kier molecular flexibility index (Phi) is 3.27. The predicted molar refractivity (Wildman–Crippen MR) is 64.1 cm³/mol. The lowest BCUT2D eigenvalue weighted by Crippen LogP contribution is -2.09. The fourth-order valence-corrected chi connectivity index (χ4v) is 1.60. The van der Waals surface area contributed by atoms with Crippen LogP contribution in [-0.2, 0) is 0 Å². The number of anilines is 1. The van der Waals surface area contributed by atoms with E-state index in [1.54, 1.807) is 13.4 Å². The van der Waals surface area contributed by atoms with E-state index < -0.39 is 0 Å². The van der Waals surface area contributed by atoms with Crippen LogP contribution in [0.3, 0.4) is 0 Å². The summed E-state index contributed by atoms with van der Waals surface area (Å²) in [4.78, 5) is 8.22. The highest BCUT2D eigenvalue weighted by Gasteiger charge is 2.12. The van der Waals surface area contributed by atoms with Gasteiger partial charge in [0.05, 0.1) is 25.0 Å². The molecule has 2 rings (SSSR count). The summed E-state index contributed by atoms with van der Waals surface area (Å²) in [5.41, 5.74) is 0.883. The van der Waals surface area contributed by atoms with E-state index >= 15 is 0 Å². The minimum atomic E-state index is 0.0447. The zero-order valence-electron chi connectivity index (χ0n) is 10.1.